The Bertz CT molecular complexity index is 714. The third kappa shape index (κ3) is 3.83. The largest absolute Gasteiger partial charge is 0.478 e. The molecule has 1 aliphatic heterocycles. The maximum atomic E-state index is 11.5. The van der Waals surface area contributed by atoms with Crippen LogP contribution in [0.25, 0.3) is 10.9 Å². The molecule has 1 fully saturated rings. The molecule has 0 saturated carbocycles. The van der Waals surface area contributed by atoms with E-state index in [2.05, 4.69) is 22.1 Å². The van der Waals surface area contributed by atoms with Gasteiger partial charge >= 0.3 is 5.97 Å². The number of nitrogens with zero attached hydrogens (tertiary/aromatic N) is 2. The van der Waals surface area contributed by atoms with Crippen LogP contribution in [-0.2, 0) is 4.74 Å². The highest BCUT2D eigenvalue weighted by molar-refractivity contribution is 6.03. The van der Waals surface area contributed by atoms with Gasteiger partial charge in [0.1, 0.15) is 5.82 Å². The number of carboxylic acids is 1. The number of morpholine rings is 1. The van der Waals surface area contributed by atoms with Crippen molar-refractivity contribution in [1.82, 2.24) is 9.88 Å². The number of hydrogen-bond acceptors (Lipinski definition) is 5. The quantitative estimate of drug-likeness (QED) is 0.848. The molecule has 6 heteroatoms. The van der Waals surface area contributed by atoms with Gasteiger partial charge in [0.25, 0.3) is 0 Å². The number of carboxylic acid groups (broad SMARTS) is 1. The summed E-state index contributed by atoms with van der Waals surface area (Å²) in [6.07, 6.45) is 0.969. The summed E-state index contributed by atoms with van der Waals surface area (Å²) in [5, 5.41) is 13.4. The number of hydrogen-bond donors (Lipinski definition) is 2. The summed E-state index contributed by atoms with van der Waals surface area (Å²) in [6, 6.07) is 9.39. The second kappa shape index (κ2) is 7.59. The van der Waals surface area contributed by atoms with E-state index in [1.54, 1.807) is 12.1 Å². The van der Waals surface area contributed by atoms with Crippen molar-refractivity contribution in [2.75, 3.05) is 38.2 Å². The van der Waals surface area contributed by atoms with E-state index in [-0.39, 0.29) is 5.56 Å². The van der Waals surface area contributed by atoms with Gasteiger partial charge < -0.3 is 15.2 Å². The molecule has 2 aromatic rings. The minimum absolute atomic E-state index is 0.282. The summed E-state index contributed by atoms with van der Waals surface area (Å²) in [6.45, 7) is 6.50. The first-order chi connectivity index (χ1) is 11.6. The zero-order chi connectivity index (χ0) is 16.9. The Morgan fingerprint density at radius 1 is 1.38 bits per heavy atom. The SMILES string of the molecule is CC(CCNc1cc(C(=O)O)c2ccccc2n1)N1CCOCC1. The lowest BCUT2D eigenvalue weighted by Gasteiger charge is -2.32. The number of para-hydroxylation sites is 1. The maximum absolute atomic E-state index is 11.5. The topological polar surface area (TPSA) is 74.7 Å². The maximum Gasteiger partial charge on any atom is 0.336 e. The zero-order valence-electron chi connectivity index (χ0n) is 13.9. The fourth-order valence-electron chi connectivity index (χ4n) is 3.05. The molecule has 6 nitrogen and oxygen atoms in total. The molecule has 0 amide bonds. The molecule has 128 valence electrons. The number of aromatic carboxylic acids is 1. The lowest BCUT2D eigenvalue weighted by atomic mass is 10.1. The van der Waals surface area contributed by atoms with Crippen LogP contribution in [0.2, 0.25) is 0 Å². The molecule has 0 bridgehead atoms. The minimum atomic E-state index is -0.932. The number of pyridine rings is 1. The summed E-state index contributed by atoms with van der Waals surface area (Å²) in [7, 11) is 0. The number of benzene rings is 1. The van der Waals surface area contributed by atoms with Crippen LogP contribution in [-0.4, -0.2) is 59.8 Å². The van der Waals surface area contributed by atoms with E-state index in [0.717, 1.165) is 39.3 Å². The second-order valence-electron chi connectivity index (χ2n) is 6.09. The van der Waals surface area contributed by atoms with E-state index >= 15 is 0 Å². The Labute approximate surface area is 141 Å². The average molecular weight is 329 g/mol. The van der Waals surface area contributed by atoms with Gasteiger partial charge in [-0.25, -0.2) is 9.78 Å². The monoisotopic (exact) mass is 329 g/mol. The predicted molar refractivity (Wildman–Crippen MR) is 93.7 cm³/mol. The first-order valence-electron chi connectivity index (χ1n) is 8.34. The van der Waals surface area contributed by atoms with Crippen molar-refractivity contribution < 1.29 is 14.6 Å². The molecule has 0 radical (unpaired) electrons. The normalized spacial score (nSPS) is 16.9. The van der Waals surface area contributed by atoms with Crippen LogP contribution in [0, 0.1) is 0 Å². The molecule has 0 spiro atoms. The molecule has 24 heavy (non-hydrogen) atoms. The van der Waals surface area contributed by atoms with Crippen LogP contribution in [0.3, 0.4) is 0 Å². The predicted octanol–water partition coefficient (Wildman–Crippen LogP) is 2.46. The van der Waals surface area contributed by atoms with Crippen LogP contribution in [0.4, 0.5) is 5.82 Å². The summed E-state index contributed by atoms with van der Waals surface area (Å²) in [5.41, 5.74) is 0.977. The van der Waals surface area contributed by atoms with Crippen molar-refractivity contribution in [2.45, 2.75) is 19.4 Å². The van der Waals surface area contributed by atoms with Gasteiger partial charge in [0, 0.05) is 31.1 Å². The van der Waals surface area contributed by atoms with Gasteiger partial charge in [0.2, 0.25) is 0 Å². The highest BCUT2D eigenvalue weighted by Crippen LogP contribution is 2.21. The van der Waals surface area contributed by atoms with E-state index in [1.807, 2.05) is 18.2 Å². The molecule has 2 N–H and O–H groups in total. The van der Waals surface area contributed by atoms with Crippen LogP contribution in [0.1, 0.15) is 23.7 Å². The molecule has 1 unspecified atom stereocenters. The smallest absolute Gasteiger partial charge is 0.336 e. The third-order valence-electron chi connectivity index (χ3n) is 4.48. The Balaban J connectivity index is 1.65. The van der Waals surface area contributed by atoms with E-state index < -0.39 is 5.97 Å². The van der Waals surface area contributed by atoms with Crippen molar-refractivity contribution >= 4 is 22.7 Å². The molecule has 1 atom stereocenters. The van der Waals surface area contributed by atoms with Crippen LogP contribution < -0.4 is 5.32 Å². The molecular weight excluding hydrogens is 306 g/mol. The lowest BCUT2D eigenvalue weighted by molar-refractivity contribution is 0.0193. The van der Waals surface area contributed by atoms with Gasteiger partial charge in [0.05, 0.1) is 24.3 Å². The van der Waals surface area contributed by atoms with Gasteiger partial charge in [-0.1, -0.05) is 18.2 Å². The second-order valence-corrected chi connectivity index (χ2v) is 6.09. The van der Waals surface area contributed by atoms with Crippen molar-refractivity contribution in [3.8, 4) is 0 Å². The summed E-state index contributed by atoms with van der Waals surface area (Å²) < 4.78 is 5.38. The summed E-state index contributed by atoms with van der Waals surface area (Å²) in [5.74, 6) is -0.321. The number of carbonyl (C=O) groups is 1. The van der Waals surface area contributed by atoms with Crippen LogP contribution >= 0.6 is 0 Å². The Morgan fingerprint density at radius 2 is 2.12 bits per heavy atom. The van der Waals surface area contributed by atoms with Gasteiger partial charge in [-0.2, -0.15) is 0 Å². The Kier molecular flexibility index (Phi) is 5.27. The molecule has 2 heterocycles. The molecular formula is C18H23N3O3. The van der Waals surface area contributed by atoms with Crippen LogP contribution in [0.15, 0.2) is 30.3 Å². The van der Waals surface area contributed by atoms with E-state index in [4.69, 9.17) is 4.74 Å². The minimum Gasteiger partial charge on any atom is -0.478 e. The number of anilines is 1. The molecule has 1 aliphatic rings. The highest BCUT2D eigenvalue weighted by Gasteiger charge is 2.17. The zero-order valence-corrected chi connectivity index (χ0v) is 13.9. The van der Waals surface area contributed by atoms with Gasteiger partial charge in [0.15, 0.2) is 0 Å². The molecule has 1 aromatic carbocycles. The van der Waals surface area contributed by atoms with Crippen molar-refractivity contribution in [3.63, 3.8) is 0 Å². The Morgan fingerprint density at radius 3 is 2.88 bits per heavy atom. The number of aromatic nitrogens is 1. The summed E-state index contributed by atoms with van der Waals surface area (Å²) in [4.78, 5) is 18.4. The first-order valence-corrected chi connectivity index (χ1v) is 8.34. The van der Waals surface area contributed by atoms with Crippen LogP contribution in [0.5, 0.6) is 0 Å². The number of ether oxygens (including phenoxy) is 1. The van der Waals surface area contributed by atoms with E-state index in [1.165, 1.54) is 0 Å². The average Bonchev–Trinajstić information content (AvgIpc) is 2.61. The van der Waals surface area contributed by atoms with Gasteiger partial charge in [-0.15, -0.1) is 0 Å². The lowest BCUT2D eigenvalue weighted by Crippen LogP contribution is -2.42. The number of nitrogens with one attached hydrogen (secondary N) is 1. The van der Waals surface area contributed by atoms with E-state index in [0.29, 0.717) is 22.8 Å². The number of rotatable bonds is 6. The number of fused-ring (bicyclic) bond motifs is 1. The van der Waals surface area contributed by atoms with Crippen molar-refractivity contribution in [3.05, 3.63) is 35.9 Å². The first kappa shape index (κ1) is 16.7. The molecule has 3 rings (SSSR count). The van der Waals surface area contributed by atoms with Crippen molar-refractivity contribution in [1.29, 1.82) is 0 Å². The highest BCUT2D eigenvalue weighted by atomic mass is 16.5. The van der Waals surface area contributed by atoms with Crippen molar-refractivity contribution in [2.24, 2.45) is 0 Å². The Hall–Kier alpha value is -2.18. The van der Waals surface area contributed by atoms with Gasteiger partial charge in [-0.05, 0) is 25.5 Å². The summed E-state index contributed by atoms with van der Waals surface area (Å²) >= 11 is 0. The fraction of sp³-hybridized carbons (Fsp3) is 0.444. The third-order valence-corrected chi connectivity index (χ3v) is 4.48. The molecule has 0 aliphatic carbocycles. The molecule has 1 aromatic heterocycles. The standard InChI is InChI=1S/C18H23N3O3/c1-13(21-8-10-24-11-9-21)6-7-19-17-12-15(18(22)23)14-4-2-3-5-16(14)20-17/h2-5,12-13H,6-11H2,1H3,(H,19,20)(H,22,23). The van der Waals surface area contributed by atoms with Gasteiger partial charge in [-0.3, -0.25) is 4.90 Å². The van der Waals surface area contributed by atoms with E-state index in [9.17, 15) is 9.90 Å². The fourth-order valence-corrected chi connectivity index (χ4v) is 3.05. The molecule has 1 saturated heterocycles.